The Bertz CT molecular complexity index is 1620. The van der Waals surface area contributed by atoms with E-state index in [4.69, 9.17) is 9.84 Å². The molecule has 1 amide bonds. The number of aryl methyl sites for hydroxylation is 1. The van der Waals surface area contributed by atoms with Crippen LogP contribution in [0.1, 0.15) is 79.0 Å². The SMILES string of the molecule is CCNC(=O)c1cc(F)ccc1Sc1ccc2c(/C=C/c3cc(CCCN4CCCC4)ccn3)nn(C3CCCCO3)c2c1. The first-order valence-corrected chi connectivity index (χ1v) is 16.6. The number of nitrogens with one attached hydrogen (secondary N) is 1. The van der Waals surface area contributed by atoms with Crippen LogP contribution in [0.4, 0.5) is 4.39 Å². The fourth-order valence-corrected chi connectivity index (χ4v) is 6.99. The van der Waals surface area contributed by atoms with E-state index in [1.54, 1.807) is 6.07 Å². The molecular formula is C35H40FN5O2S. The molecule has 4 aromatic rings. The lowest BCUT2D eigenvalue weighted by Crippen LogP contribution is -2.23. The molecule has 1 N–H and O–H groups in total. The standard InChI is InChI=1S/C35H40FN5O2S/c1-2-37-35(42)30-23-26(36)10-15-33(30)44-28-12-13-29-31(39-41(32(29)24-28)34-9-3-6-21-43-34)14-11-27-22-25(16-17-38-27)8-7-20-40-18-4-5-19-40/h10-17,22-24,34H,2-9,18-21H2,1H3,(H,37,42)/b14-11+. The minimum absolute atomic E-state index is 0.137. The maximum Gasteiger partial charge on any atom is 0.252 e. The largest absolute Gasteiger partial charge is 0.356 e. The minimum Gasteiger partial charge on any atom is -0.356 e. The van der Waals surface area contributed by atoms with Gasteiger partial charge in [-0.1, -0.05) is 11.8 Å². The Kier molecular flexibility index (Phi) is 10.0. The van der Waals surface area contributed by atoms with Crippen molar-refractivity contribution in [3.05, 3.63) is 83.1 Å². The predicted molar refractivity (Wildman–Crippen MR) is 174 cm³/mol. The molecule has 230 valence electrons. The van der Waals surface area contributed by atoms with Crippen LogP contribution in [0, 0.1) is 5.82 Å². The Morgan fingerprint density at radius 3 is 2.80 bits per heavy atom. The smallest absolute Gasteiger partial charge is 0.252 e. The second-order valence-corrected chi connectivity index (χ2v) is 12.6. The normalized spacial score (nSPS) is 17.5. The van der Waals surface area contributed by atoms with Gasteiger partial charge in [0.1, 0.15) is 5.82 Å². The van der Waals surface area contributed by atoms with Crippen molar-refractivity contribution in [1.29, 1.82) is 0 Å². The Labute approximate surface area is 262 Å². The van der Waals surface area contributed by atoms with Crippen LogP contribution in [0.2, 0.25) is 0 Å². The van der Waals surface area contributed by atoms with Crippen LogP contribution in [0.5, 0.6) is 0 Å². The number of aromatic nitrogens is 3. The number of ether oxygens (including phenoxy) is 1. The van der Waals surface area contributed by atoms with Crippen LogP contribution in [0.3, 0.4) is 0 Å². The van der Waals surface area contributed by atoms with Crippen molar-refractivity contribution in [3.63, 3.8) is 0 Å². The summed E-state index contributed by atoms with van der Waals surface area (Å²) in [6.07, 6.45) is 13.7. The minimum atomic E-state index is -0.433. The quantitative estimate of drug-likeness (QED) is 0.191. The van der Waals surface area contributed by atoms with E-state index in [1.807, 2.05) is 36.0 Å². The van der Waals surface area contributed by atoms with E-state index in [-0.39, 0.29) is 12.1 Å². The number of rotatable bonds is 11. The molecule has 2 aromatic heterocycles. The number of carbonyl (C=O) groups excluding carboxylic acids is 1. The van der Waals surface area contributed by atoms with E-state index in [2.05, 4.69) is 39.5 Å². The fourth-order valence-electron chi connectivity index (χ4n) is 6.03. The molecule has 1 unspecified atom stereocenters. The molecule has 0 saturated carbocycles. The van der Waals surface area contributed by atoms with E-state index in [9.17, 15) is 9.18 Å². The number of amides is 1. The highest BCUT2D eigenvalue weighted by atomic mass is 32.2. The van der Waals surface area contributed by atoms with E-state index in [0.717, 1.165) is 65.8 Å². The zero-order chi connectivity index (χ0) is 30.3. The molecule has 2 saturated heterocycles. The monoisotopic (exact) mass is 613 g/mol. The lowest BCUT2D eigenvalue weighted by Gasteiger charge is -2.23. The summed E-state index contributed by atoms with van der Waals surface area (Å²) in [5, 5.41) is 8.83. The number of hydrogen-bond donors (Lipinski definition) is 1. The number of pyridine rings is 1. The summed E-state index contributed by atoms with van der Waals surface area (Å²) in [6.45, 7) is 6.67. The van der Waals surface area contributed by atoms with Crippen molar-refractivity contribution in [2.24, 2.45) is 0 Å². The van der Waals surface area contributed by atoms with Gasteiger partial charge in [-0.05, 0) is 138 Å². The zero-order valence-electron chi connectivity index (χ0n) is 25.3. The van der Waals surface area contributed by atoms with Crippen LogP contribution >= 0.6 is 11.8 Å². The van der Waals surface area contributed by atoms with E-state index >= 15 is 0 Å². The maximum atomic E-state index is 14.1. The lowest BCUT2D eigenvalue weighted by atomic mass is 10.1. The molecule has 2 aliphatic heterocycles. The molecule has 2 aliphatic rings. The molecule has 6 rings (SSSR count). The number of carbonyl (C=O) groups is 1. The third-order valence-electron chi connectivity index (χ3n) is 8.28. The van der Waals surface area contributed by atoms with Crippen LogP contribution in [-0.2, 0) is 11.2 Å². The van der Waals surface area contributed by atoms with Gasteiger partial charge in [-0.15, -0.1) is 0 Å². The molecule has 7 nitrogen and oxygen atoms in total. The van der Waals surface area contributed by atoms with Gasteiger partial charge in [-0.2, -0.15) is 5.10 Å². The second kappa shape index (κ2) is 14.5. The van der Waals surface area contributed by atoms with Crippen LogP contribution in [0.25, 0.3) is 23.1 Å². The lowest BCUT2D eigenvalue weighted by molar-refractivity contribution is -0.0367. The Balaban J connectivity index is 1.26. The molecule has 44 heavy (non-hydrogen) atoms. The molecule has 4 heterocycles. The van der Waals surface area contributed by atoms with Gasteiger partial charge in [0.2, 0.25) is 0 Å². The predicted octanol–water partition coefficient (Wildman–Crippen LogP) is 7.37. The Morgan fingerprint density at radius 1 is 1.09 bits per heavy atom. The average Bonchev–Trinajstić information content (AvgIpc) is 3.70. The number of halogens is 1. The zero-order valence-corrected chi connectivity index (χ0v) is 26.1. The number of benzene rings is 2. The van der Waals surface area contributed by atoms with Gasteiger partial charge in [0.25, 0.3) is 5.91 Å². The third-order valence-corrected chi connectivity index (χ3v) is 9.35. The van der Waals surface area contributed by atoms with Gasteiger partial charge in [-0.3, -0.25) is 9.78 Å². The summed E-state index contributed by atoms with van der Waals surface area (Å²) >= 11 is 1.44. The van der Waals surface area contributed by atoms with Crippen molar-refractivity contribution in [3.8, 4) is 0 Å². The van der Waals surface area contributed by atoms with Crippen molar-refractivity contribution in [2.45, 2.75) is 67.9 Å². The van der Waals surface area contributed by atoms with E-state index < -0.39 is 5.82 Å². The fraction of sp³-hybridized carbons (Fsp3) is 0.400. The van der Waals surface area contributed by atoms with Gasteiger partial charge >= 0.3 is 0 Å². The summed E-state index contributed by atoms with van der Waals surface area (Å²) in [6, 6.07) is 14.8. The topological polar surface area (TPSA) is 72.3 Å². The number of likely N-dealkylation sites (tertiary alicyclic amines) is 1. The summed E-state index contributed by atoms with van der Waals surface area (Å²) in [4.78, 5) is 21.5. The molecule has 2 fully saturated rings. The van der Waals surface area contributed by atoms with Gasteiger partial charge < -0.3 is 15.0 Å². The highest BCUT2D eigenvalue weighted by Crippen LogP contribution is 2.36. The molecule has 9 heteroatoms. The molecule has 0 bridgehead atoms. The number of nitrogens with zero attached hydrogens (tertiary/aromatic N) is 4. The molecular weight excluding hydrogens is 573 g/mol. The Hall–Kier alpha value is -3.53. The Morgan fingerprint density at radius 2 is 1.98 bits per heavy atom. The maximum absolute atomic E-state index is 14.1. The van der Waals surface area contributed by atoms with Gasteiger partial charge in [0, 0.05) is 34.5 Å². The van der Waals surface area contributed by atoms with Gasteiger partial charge in [0.05, 0.1) is 22.5 Å². The van der Waals surface area contributed by atoms with Gasteiger partial charge in [0.15, 0.2) is 6.23 Å². The first-order chi connectivity index (χ1) is 21.6. The van der Waals surface area contributed by atoms with Crippen LogP contribution < -0.4 is 5.32 Å². The van der Waals surface area contributed by atoms with Crippen molar-refractivity contribution in [1.82, 2.24) is 25.0 Å². The highest BCUT2D eigenvalue weighted by molar-refractivity contribution is 7.99. The third kappa shape index (κ3) is 7.39. The van der Waals surface area contributed by atoms with Crippen molar-refractivity contribution < 1.29 is 13.9 Å². The molecule has 0 spiro atoms. The highest BCUT2D eigenvalue weighted by Gasteiger charge is 2.21. The summed E-state index contributed by atoms with van der Waals surface area (Å²) in [7, 11) is 0. The second-order valence-electron chi connectivity index (χ2n) is 11.5. The summed E-state index contributed by atoms with van der Waals surface area (Å²) in [5.74, 6) is -0.718. The average molecular weight is 614 g/mol. The van der Waals surface area contributed by atoms with Crippen LogP contribution in [-0.4, -0.2) is 58.4 Å². The van der Waals surface area contributed by atoms with Crippen molar-refractivity contribution >= 4 is 40.7 Å². The molecule has 1 atom stereocenters. The number of hydrogen-bond acceptors (Lipinski definition) is 6. The van der Waals surface area contributed by atoms with E-state index in [0.29, 0.717) is 23.6 Å². The summed E-state index contributed by atoms with van der Waals surface area (Å²) < 4.78 is 22.2. The molecule has 0 radical (unpaired) electrons. The van der Waals surface area contributed by atoms with Gasteiger partial charge in [-0.25, -0.2) is 9.07 Å². The first-order valence-electron chi connectivity index (χ1n) is 15.8. The number of fused-ring (bicyclic) bond motifs is 1. The molecule has 0 aliphatic carbocycles. The van der Waals surface area contributed by atoms with E-state index in [1.165, 1.54) is 55.4 Å². The molecule has 2 aromatic carbocycles. The summed E-state index contributed by atoms with van der Waals surface area (Å²) in [5.41, 5.74) is 4.38. The van der Waals surface area contributed by atoms with Crippen LogP contribution in [0.15, 0.2) is 64.5 Å². The first kappa shape index (κ1) is 30.5. The van der Waals surface area contributed by atoms with Crippen molar-refractivity contribution in [2.75, 3.05) is 32.8 Å².